The molecule has 3 fully saturated rings. The van der Waals surface area contributed by atoms with Gasteiger partial charge < -0.3 is 10.0 Å². The highest BCUT2D eigenvalue weighted by atomic mass is 35.5. The van der Waals surface area contributed by atoms with E-state index in [1.165, 1.54) is 5.56 Å². The van der Waals surface area contributed by atoms with Gasteiger partial charge in [-0.2, -0.15) is 0 Å². The minimum atomic E-state index is -0.158. The van der Waals surface area contributed by atoms with Crippen LogP contribution in [0.1, 0.15) is 51.5 Å². The van der Waals surface area contributed by atoms with Crippen LogP contribution in [0.3, 0.4) is 0 Å². The van der Waals surface area contributed by atoms with Crippen LogP contribution < -0.4 is 0 Å². The standard InChI is InChI=1S/C26H34ClNO2/c1-25-12-10-21-19(20(25)8-9-22(25)29)15-17(14-16-4-6-18(27)7-5-16)24-26(21,2)13-11-23(30)28(24)3/h4-7,11,13,17,19-22,24,29H,8-10,12,14-15H2,1-3H3/t17-,19+,20+,21+,22+,24-,25+,26-/m1/s1. The summed E-state index contributed by atoms with van der Waals surface area (Å²) in [5.74, 6) is 2.34. The molecule has 30 heavy (non-hydrogen) atoms. The number of halogens is 1. The predicted octanol–water partition coefficient (Wildman–Crippen LogP) is 5.11. The summed E-state index contributed by atoms with van der Waals surface area (Å²) in [7, 11) is 2.00. The molecule has 4 heteroatoms. The number of carbonyl (C=O) groups is 1. The van der Waals surface area contributed by atoms with Gasteiger partial charge >= 0.3 is 0 Å². The lowest BCUT2D eigenvalue weighted by Gasteiger charge is -2.62. The van der Waals surface area contributed by atoms with Crippen LogP contribution >= 0.6 is 11.6 Å². The molecule has 3 nitrogen and oxygen atoms in total. The molecular weight excluding hydrogens is 394 g/mol. The summed E-state index contributed by atoms with van der Waals surface area (Å²) in [5.41, 5.74) is 1.36. The molecule has 0 aromatic heterocycles. The highest BCUT2D eigenvalue weighted by Crippen LogP contribution is 2.65. The van der Waals surface area contributed by atoms with Crippen molar-refractivity contribution in [3.05, 3.63) is 47.0 Å². The molecule has 1 amide bonds. The molecule has 162 valence electrons. The number of aliphatic hydroxyl groups excluding tert-OH is 1. The van der Waals surface area contributed by atoms with Gasteiger partial charge in [-0.1, -0.05) is 43.7 Å². The Balaban J connectivity index is 1.54. The fourth-order valence-electron chi connectivity index (χ4n) is 8.15. The van der Waals surface area contributed by atoms with Gasteiger partial charge in [0.05, 0.1) is 6.10 Å². The maximum atomic E-state index is 12.7. The van der Waals surface area contributed by atoms with Gasteiger partial charge in [-0.05, 0) is 91.4 Å². The van der Waals surface area contributed by atoms with Gasteiger partial charge in [-0.15, -0.1) is 0 Å². The molecule has 0 saturated heterocycles. The monoisotopic (exact) mass is 427 g/mol. The average molecular weight is 428 g/mol. The topological polar surface area (TPSA) is 40.5 Å². The molecule has 0 unspecified atom stereocenters. The lowest BCUT2D eigenvalue weighted by atomic mass is 9.46. The largest absolute Gasteiger partial charge is 0.393 e. The van der Waals surface area contributed by atoms with Crippen LogP contribution in [0, 0.1) is 34.5 Å². The summed E-state index contributed by atoms with van der Waals surface area (Å²) >= 11 is 6.12. The van der Waals surface area contributed by atoms with Crippen molar-refractivity contribution in [2.24, 2.45) is 34.5 Å². The number of amides is 1. The second kappa shape index (κ2) is 7.10. The number of fused-ring (bicyclic) bond motifs is 5. The highest BCUT2D eigenvalue weighted by molar-refractivity contribution is 6.30. The van der Waals surface area contributed by atoms with E-state index in [4.69, 9.17) is 11.6 Å². The summed E-state index contributed by atoms with van der Waals surface area (Å²) in [4.78, 5) is 14.7. The van der Waals surface area contributed by atoms with E-state index in [1.807, 2.05) is 30.2 Å². The van der Waals surface area contributed by atoms with Crippen molar-refractivity contribution in [1.29, 1.82) is 0 Å². The quantitative estimate of drug-likeness (QED) is 0.712. The van der Waals surface area contributed by atoms with Crippen LogP contribution in [0.4, 0.5) is 0 Å². The lowest BCUT2D eigenvalue weighted by Crippen LogP contribution is -2.63. The highest BCUT2D eigenvalue weighted by Gasteiger charge is 2.62. The van der Waals surface area contributed by atoms with Crippen molar-refractivity contribution in [1.82, 2.24) is 4.90 Å². The zero-order valence-corrected chi connectivity index (χ0v) is 19.1. The first kappa shape index (κ1) is 20.6. The summed E-state index contributed by atoms with van der Waals surface area (Å²) in [6.07, 6.45) is 10.4. The first-order valence-corrected chi connectivity index (χ1v) is 12.0. The molecule has 1 aromatic rings. The number of aliphatic hydroxyl groups is 1. The van der Waals surface area contributed by atoms with Crippen LogP contribution in [0.2, 0.25) is 5.02 Å². The number of benzene rings is 1. The molecule has 0 bridgehead atoms. The Morgan fingerprint density at radius 2 is 1.87 bits per heavy atom. The first-order chi connectivity index (χ1) is 14.2. The molecule has 1 heterocycles. The Kier molecular flexibility index (Phi) is 4.87. The minimum absolute atomic E-state index is 0.00244. The average Bonchev–Trinajstić information content (AvgIpc) is 3.02. The number of rotatable bonds is 2. The third-order valence-corrected chi connectivity index (χ3v) is 9.86. The van der Waals surface area contributed by atoms with Gasteiger partial charge in [-0.25, -0.2) is 0 Å². The number of hydrogen-bond donors (Lipinski definition) is 1. The zero-order chi connectivity index (χ0) is 21.3. The Bertz CT molecular complexity index is 866. The van der Waals surface area contributed by atoms with Crippen molar-refractivity contribution in [3.63, 3.8) is 0 Å². The molecule has 0 radical (unpaired) electrons. The zero-order valence-electron chi connectivity index (χ0n) is 18.4. The fraction of sp³-hybridized carbons (Fsp3) is 0.654. The van der Waals surface area contributed by atoms with E-state index in [0.717, 1.165) is 43.5 Å². The van der Waals surface area contributed by atoms with Crippen molar-refractivity contribution < 1.29 is 9.90 Å². The Morgan fingerprint density at radius 3 is 2.60 bits per heavy atom. The van der Waals surface area contributed by atoms with Crippen molar-refractivity contribution in [2.75, 3.05) is 7.05 Å². The second-order valence-corrected chi connectivity index (χ2v) is 11.4. The van der Waals surface area contributed by atoms with Crippen LogP contribution in [-0.4, -0.2) is 35.1 Å². The number of hydrogen-bond acceptors (Lipinski definition) is 2. The van der Waals surface area contributed by atoms with Crippen LogP contribution in [0.5, 0.6) is 0 Å². The molecular formula is C26H34ClNO2. The molecule has 0 spiro atoms. The number of carbonyl (C=O) groups excluding carboxylic acids is 1. The van der Waals surface area contributed by atoms with Crippen LogP contribution in [0.25, 0.3) is 0 Å². The minimum Gasteiger partial charge on any atom is -0.393 e. The first-order valence-electron chi connectivity index (χ1n) is 11.6. The van der Waals surface area contributed by atoms with Crippen molar-refractivity contribution in [3.8, 4) is 0 Å². The van der Waals surface area contributed by atoms with Gasteiger partial charge in [0.2, 0.25) is 5.91 Å². The number of nitrogens with zero attached hydrogens (tertiary/aromatic N) is 1. The van der Waals surface area contributed by atoms with E-state index in [1.54, 1.807) is 0 Å². The van der Waals surface area contributed by atoms with Crippen LogP contribution in [0.15, 0.2) is 36.4 Å². The summed E-state index contributed by atoms with van der Waals surface area (Å²) in [5, 5.41) is 11.6. The smallest absolute Gasteiger partial charge is 0.246 e. The van der Waals surface area contributed by atoms with Gasteiger partial charge in [-0.3, -0.25) is 4.79 Å². The van der Waals surface area contributed by atoms with Gasteiger partial charge in [0.25, 0.3) is 0 Å². The maximum Gasteiger partial charge on any atom is 0.246 e. The normalized spacial score (nSPS) is 45.1. The molecule has 3 saturated carbocycles. The maximum absolute atomic E-state index is 12.7. The van der Waals surface area contributed by atoms with Gasteiger partial charge in [0, 0.05) is 23.5 Å². The summed E-state index contributed by atoms with van der Waals surface area (Å²) in [6, 6.07) is 8.44. The predicted molar refractivity (Wildman–Crippen MR) is 120 cm³/mol. The lowest BCUT2D eigenvalue weighted by molar-refractivity contribution is -0.148. The molecule has 1 N–H and O–H groups in total. The molecule has 1 aromatic carbocycles. The van der Waals surface area contributed by atoms with Crippen molar-refractivity contribution >= 4 is 17.5 Å². The molecule has 3 aliphatic carbocycles. The van der Waals surface area contributed by atoms with E-state index in [-0.39, 0.29) is 28.9 Å². The van der Waals surface area contributed by atoms with E-state index >= 15 is 0 Å². The Labute approximate surface area is 185 Å². The van der Waals surface area contributed by atoms with E-state index in [2.05, 4.69) is 32.1 Å². The van der Waals surface area contributed by atoms with E-state index in [9.17, 15) is 9.90 Å². The fourth-order valence-corrected chi connectivity index (χ4v) is 8.27. The van der Waals surface area contributed by atoms with Gasteiger partial charge in [0.1, 0.15) is 0 Å². The summed E-state index contributed by atoms with van der Waals surface area (Å²) < 4.78 is 0. The van der Waals surface area contributed by atoms with Crippen LogP contribution in [-0.2, 0) is 11.2 Å². The Morgan fingerprint density at radius 1 is 1.13 bits per heavy atom. The molecule has 8 atom stereocenters. The third kappa shape index (κ3) is 2.92. The molecule has 4 aliphatic rings. The third-order valence-electron chi connectivity index (χ3n) is 9.61. The van der Waals surface area contributed by atoms with Crippen molar-refractivity contribution in [2.45, 2.75) is 64.5 Å². The second-order valence-electron chi connectivity index (χ2n) is 10.9. The molecule has 5 rings (SSSR count). The van der Waals surface area contributed by atoms with E-state index in [0.29, 0.717) is 23.7 Å². The Hall–Kier alpha value is -1.32. The number of likely N-dealkylation sites (N-methyl/N-ethyl adjacent to an activating group) is 1. The molecule has 1 aliphatic heterocycles. The summed E-state index contributed by atoms with van der Waals surface area (Å²) in [6.45, 7) is 4.73. The van der Waals surface area contributed by atoms with Gasteiger partial charge in [0.15, 0.2) is 0 Å². The SMILES string of the molecule is CN1C(=O)C=C[C@]2(C)[C@H]3CC[C@]4(C)[C@@H](O)CC[C@H]4[C@@H]3C[C@@H](Cc3ccc(Cl)cc3)[C@@H]12. The van der Waals surface area contributed by atoms with E-state index < -0.39 is 0 Å².